The van der Waals surface area contributed by atoms with E-state index in [2.05, 4.69) is 241 Å². The molecular formula is C56H66N2. The zero-order valence-electron chi connectivity index (χ0n) is 37.7. The van der Waals surface area contributed by atoms with Crippen LogP contribution in [0, 0.1) is 0 Å². The van der Waals surface area contributed by atoms with E-state index in [4.69, 9.17) is 0 Å². The van der Waals surface area contributed by atoms with Gasteiger partial charge in [0.1, 0.15) is 0 Å². The third-order valence-corrected chi connectivity index (χ3v) is 11.6. The van der Waals surface area contributed by atoms with E-state index in [1.54, 1.807) is 0 Å². The highest BCUT2D eigenvalue weighted by atomic mass is 15.0. The summed E-state index contributed by atoms with van der Waals surface area (Å²) in [5.41, 5.74) is 19.3. The highest BCUT2D eigenvalue weighted by Crippen LogP contribution is 2.42. The monoisotopic (exact) mass is 767 g/mol. The minimum absolute atomic E-state index is 0.0801. The Morgan fingerprint density at radius 2 is 0.483 bits per heavy atom. The van der Waals surface area contributed by atoms with Crippen LogP contribution in [-0.2, 0) is 21.7 Å². The van der Waals surface area contributed by atoms with Gasteiger partial charge in [-0.3, -0.25) is 0 Å². The Balaban J connectivity index is 1.48. The molecule has 0 atom stereocenters. The first-order chi connectivity index (χ1) is 27.1. The normalized spacial score (nSPS) is 12.9. The van der Waals surface area contributed by atoms with Gasteiger partial charge in [0.15, 0.2) is 0 Å². The van der Waals surface area contributed by atoms with Crippen LogP contribution in [-0.4, -0.2) is 0 Å². The third-order valence-electron chi connectivity index (χ3n) is 11.6. The Kier molecular flexibility index (Phi) is 11.8. The fraction of sp³-hybridized carbons (Fsp3) is 0.321. The lowest BCUT2D eigenvalue weighted by Crippen LogP contribution is -2.11. The van der Waals surface area contributed by atoms with Crippen molar-refractivity contribution in [2.24, 2.45) is 0 Å². The largest absolute Gasteiger partial charge is 0.357 e. The number of anilines is 2. The van der Waals surface area contributed by atoms with E-state index in [1.165, 1.54) is 66.8 Å². The molecule has 6 rings (SSSR count). The number of allylic oxidation sites excluding steroid dienone is 2. The van der Waals surface area contributed by atoms with Gasteiger partial charge in [-0.05, 0) is 80.0 Å². The van der Waals surface area contributed by atoms with Crippen molar-refractivity contribution in [1.82, 2.24) is 0 Å². The quantitative estimate of drug-likeness (QED) is 0.161. The van der Waals surface area contributed by atoms with Crippen molar-refractivity contribution >= 4 is 11.4 Å². The van der Waals surface area contributed by atoms with Gasteiger partial charge in [-0.2, -0.15) is 0 Å². The van der Waals surface area contributed by atoms with Crippen molar-refractivity contribution in [2.75, 3.05) is 10.6 Å². The molecule has 0 radical (unpaired) electrons. The van der Waals surface area contributed by atoms with Crippen LogP contribution in [0.15, 0.2) is 145 Å². The zero-order chi connectivity index (χ0) is 42.2. The molecule has 0 aliphatic carbocycles. The van der Waals surface area contributed by atoms with Gasteiger partial charge in [0.05, 0.1) is 11.4 Å². The van der Waals surface area contributed by atoms with E-state index >= 15 is 0 Å². The molecule has 2 nitrogen and oxygen atoms in total. The van der Waals surface area contributed by atoms with Gasteiger partial charge in [0.2, 0.25) is 0 Å². The second-order valence-corrected chi connectivity index (χ2v) is 20.3. The number of benzene rings is 6. The molecule has 0 saturated carbocycles. The number of nitrogens with one attached hydrogen (secondary N) is 2. The summed E-state index contributed by atoms with van der Waals surface area (Å²) >= 11 is 0. The van der Waals surface area contributed by atoms with Gasteiger partial charge in [0, 0.05) is 33.6 Å². The first-order valence-corrected chi connectivity index (χ1v) is 21.0. The molecule has 0 fully saturated rings. The molecule has 0 saturated heterocycles. The summed E-state index contributed by atoms with van der Waals surface area (Å²) in [7, 11) is 0. The predicted molar refractivity (Wildman–Crippen MR) is 255 cm³/mol. The zero-order valence-corrected chi connectivity index (χ0v) is 37.7. The van der Waals surface area contributed by atoms with Crippen molar-refractivity contribution in [3.05, 3.63) is 167 Å². The number of hydrogen-bond acceptors (Lipinski definition) is 2. The van der Waals surface area contributed by atoms with E-state index in [9.17, 15) is 0 Å². The summed E-state index contributed by atoms with van der Waals surface area (Å²) in [6.45, 7) is 31.6. The first-order valence-electron chi connectivity index (χ1n) is 21.0. The summed E-state index contributed by atoms with van der Waals surface area (Å²) in [4.78, 5) is 0. The summed E-state index contributed by atoms with van der Waals surface area (Å²) in [5, 5.41) is 7.94. The van der Waals surface area contributed by atoms with Gasteiger partial charge in [0.25, 0.3) is 0 Å². The van der Waals surface area contributed by atoms with Crippen molar-refractivity contribution in [3.63, 3.8) is 0 Å². The van der Waals surface area contributed by atoms with Gasteiger partial charge in [-0.1, -0.05) is 217 Å². The van der Waals surface area contributed by atoms with Crippen LogP contribution < -0.4 is 10.6 Å². The minimum atomic E-state index is 0.0801. The third kappa shape index (κ3) is 9.50. The molecule has 0 aliphatic rings. The maximum Gasteiger partial charge on any atom is 0.0541 e. The molecule has 0 amide bonds. The molecule has 0 aliphatic heterocycles. The van der Waals surface area contributed by atoms with Crippen LogP contribution in [0.3, 0.4) is 0 Å². The van der Waals surface area contributed by atoms with Crippen molar-refractivity contribution < 1.29 is 0 Å². The molecule has 6 aromatic rings. The molecule has 0 bridgehead atoms. The second kappa shape index (κ2) is 16.1. The van der Waals surface area contributed by atoms with E-state index in [0.29, 0.717) is 0 Å². The van der Waals surface area contributed by atoms with E-state index in [1.807, 2.05) is 0 Å². The van der Waals surface area contributed by atoms with E-state index in [-0.39, 0.29) is 21.7 Å². The lowest BCUT2D eigenvalue weighted by Gasteiger charge is -2.24. The standard InChI is InChI=1S/C56H66N2/c1-37(57-51-47(39-21-29-43(30-22-39)53(3,4)5)17-15-18-48(51)40-23-31-44(32-24-40)54(6,7)8)38(2)58-52-49(41-25-33-45(34-26-41)55(9,10)11)19-16-20-50(52)42-27-35-46(36-28-42)56(12,13)14/h15-36,57-58H,1-14H3/b38-37-. The molecule has 58 heavy (non-hydrogen) atoms. The lowest BCUT2D eigenvalue weighted by molar-refractivity contribution is 0.590. The maximum atomic E-state index is 3.97. The molecule has 2 heteroatoms. The van der Waals surface area contributed by atoms with Crippen LogP contribution in [0.2, 0.25) is 0 Å². The van der Waals surface area contributed by atoms with Crippen LogP contribution in [0.5, 0.6) is 0 Å². The van der Waals surface area contributed by atoms with Crippen LogP contribution in [0.4, 0.5) is 11.4 Å². The molecule has 0 aromatic heterocycles. The molecule has 0 unspecified atom stereocenters. The molecule has 0 spiro atoms. The lowest BCUT2D eigenvalue weighted by atomic mass is 9.85. The van der Waals surface area contributed by atoms with Crippen LogP contribution in [0.1, 0.15) is 119 Å². The van der Waals surface area contributed by atoms with Gasteiger partial charge in [-0.15, -0.1) is 0 Å². The van der Waals surface area contributed by atoms with E-state index in [0.717, 1.165) is 22.8 Å². The Morgan fingerprint density at radius 1 is 0.293 bits per heavy atom. The molecule has 300 valence electrons. The summed E-state index contributed by atoms with van der Waals surface area (Å²) in [6.07, 6.45) is 0. The topological polar surface area (TPSA) is 24.1 Å². The van der Waals surface area contributed by atoms with Gasteiger partial charge in [-0.25, -0.2) is 0 Å². The molecule has 6 aromatic carbocycles. The fourth-order valence-corrected chi connectivity index (χ4v) is 7.50. The van der Waals surface area contributed by atoms with Gasteiger partial charge >= 0.3 is 0 Å². The summed E-state index contributed by atoms with van der Waals surface area (Å²) in [6, 6.07) is 49.8. The van der Waals surface area contributed by atoms with E-state index < -0.39 is 0 Å². The van der Waals surface area contributed by atoms with Crippen molar-refractivity contribution in [2.45, 2.75) is 119 Å². The second-order valence-electron chi connectivity index (χ2n) is 20.3. The SMILES string of the molecule is C/C(Nc1c(-c2ccc(C(C)(C)C)cc2)cccc1-c1ccc(C(C)(C)C)cc1)=C(\C)Nc1c(-c2ccc(C(C)(C)C)cc2)cccc1-c1ccc(C(C)(C)C)cc1. The fourth-order valence-electron chi connectivity index (χ4n) is 7.50. The molecule has 0 heterocycles. The Hall–Kier alpha value is -5.34. The van der Waals surface area contributed by atoms with Crippen LogP contribution >= 0.6 is 0 Å². The summed E-state index contributed by atoms with van der Waals surface area (Å²) < 4.78 is 0. The minimum Gasteiger partial charge on any atom is -0.357 e. The summed E-state index contributed by atoms with van der Waals surface area (Å²) in [5.74, 6) is 0. The Labute approximate surface area is 350 Å². The smallest absolute Gasteiger partial charge is 0.0541 e. The van der Waals surface area contributed by atoms with Gasteiger partial charge < -0.3 is 10.6 Å². The average Bonchev–Trinajstić information content (AvgIpc) is 3.17. The highest BCUT2D eigenvalue weighted by molar-refractivity contribution is 5.93. The predicted octanol–water partition coefficient (Wildman–Crippen LogP) is 16.3. The first kappa shape index (κ1) is 42.3. The van der Waals surface area contributed by atoms with Crippen LogP contribution in [0.25, 0.3) is 44.5 Å². The highest BCUT2D eigenvalue weighted by Gasteiger charge is 2.21. The number of hydrogen-bond donors (Lipinski definition) is 2. The van der Waals surface area contributed by atoms with Crippen molar-refractivity contribution in [1.29, 1.82) is 0 Å². The average molecular weight is 767 g/mol. The number of para-hydroxylation sites is 2. The number of rotatable bonds is 8. The Bertz CT molecular complexity index is 2050. The molecule has 2 N–H and O–H groups in total. The Morgan fingerprint density at radius 3 is 0.655 bits per heavy atom. The maximum absolute atomic E-state index is 3.97. The van der Waals surface area contributed by atoms with Crippen molar-refractivity contribution in [3.8, 4) is 44.5 Å². The molecular weight excluding hydrogens is 701 g/mol.